The molecule has 0 saturated carbocycles. The molecular weight excluding hydrogens is 322 g/mol. The zero-order chi connectivity index (χ0) is 19.5. The van der Waals surface area contributed by atoms with Gasteiger partial charge in [-0.1, -0.05) is 59.7 Å². The molecule has 0 amide bonds. The third kappa shape index (κ3) is 4.06. The van der Waals surface area contributed by atoms with E-state index in [2.05, 4.69) is 57.8 Å². The maximum atomic E-state index is 10.9. The number of nitrogens with zero attached hydrogens (tertiary/aromatic N) is 2. The van der Waals surface area contributed by atoms with Gasteiger partial charge in [-0.05, 0) is 47.4 Å². The minimum Gasteiger partial charge on any atom is -0.505 e. The number of aromatic hydroxyl groups is 1. The predicted molar refractivity (Wildman–Crippen MR) is 110 cm³/mol. The third-order valence-electron chi connectivity index (χ3n) is 5.57. The van der Waals surface area contributed by atoms with Gasteiger partial charge < -0.3 is 10.8 Å². The Morgan fingerprint density at radius 1 is 0.885 bits per heavy atom. The van der Waals surface area contributed by atoms with Crippen LogP contribution in [0.15, 0.2) is 46.6 Å². The standard InChI is InChI=1S/C22H31N3O/c1-7-21(3,4)15-13-16(22(5,6)8-2)20(26)19(14-15)25-24-18-12-10-9-11-17(18)23/h9-14,26H,7-8,23H2,1-6H3. The monoisotopic (exact) mass is 353 g/mol. The Kier molecular flexibility index (Phi) is 5.74. The average Bonchev–Trinajstić information content (AvgIpc) is 2.61. The molecule has 2 aromatic carbocycles. The summed E-state index contributed by atoms with van der Waals surface area (Å²) < 4.78 is 0. The Hall–Kier alpha value is -2.36. The molecule has 0 aromatic heterocycles. The number of hydrogen-bond acceptors (Lipinski definition) is 4. The number of phenolic OH excluding ortho intramolecular Hbond substituents is 1. The lowest BCUT2D eigenvalue weighted by atomic mass is 9.76. The van der Waals surface area contributed by atoms with Crippen molar-refractivity contribution in [1.82, 2.24) is 0 Å². The van der Waals surface area contributed by atoms with Crippen molar-refractivity contribution in [3.8, 4) is 5.75 Å². The van der Waals surface area contributed by atoms with Gasteiger partial charge in [0.15, 0.2) is 0 Å². The van der Waals surface area contributed by atoms with Gasteiger partial charge in [0.2, 0.25) is 0 Å². The Labute approximate surface area is 157 Å². The van der Waals surface area contributed by atoms with E-state index in [1.54, 1.807) is 6.07 Å². The topological polar surface area (TPSA) is 71.0 Å². The Balaban J connectivity index is 2.63. The molecule has 4 nitrogen and oxygen atoms in total. The lowest BCUT2D eigenvalue weighted by molar-refractivity contribution is 0.426. The van der Waals surface area contributed by atoms with E-state index >= 15 is 0 Å². The fraction of sp³-hybridized carbons (Fsp3) is 0.455. The maximum Gasteiger partial charge on any atom is 0.146 e. The first-order valence-corrected chi connectivity index (χ1v) is 9.26. The molecule has 4 heteroatoms. The third-order valence-corrected chi connectivity index (χ3v) is 5.57. The summed E-state index contributed by atoms with van der Waals surface area (Å²) in [4.78, 5) is 0. The van der Waals surface area contributed by atoms with Crippen LogP contribution in [0, 0.1) is 0 Å². The number of para-hydroxylation sites is 1. The predicted octanol–water partition coefficient (Wildman–Crippen LogP) is 6.77. The Morgan fingerprint density at radius 2 is 1.46 bits per heavy atom. The van der Waals surface area contributed by atoms with Crippen LogP contribution in [0.4, 0.5) is 17.1 Å². The van der Waals surface area contributed by atoms with Gasteiger partial charge in [-0.2, -0.15) is 0 Å². The summed E-state index contributed by atoms with van der Waals surface area (Å²) in [6.45, 7) is 13.0. The number of phenols is 1. The van der Waals surface area contributed by atoms with Gasteiger partial charge in [-0.15, -0.1) is 10.2 Å². The zero-order valence-electron chi connectivity index (χ0n) is 16.8. The van der Waals surface area contributed by atoms with Crippen molar-refractivity contribution in [2.24, 2.45) is 10.2 Å². The SMILES string of the molecule is CCC(C)(C)c1cc(N=Nc2ccccc2N)c(O)c(C(C)(C)CC)c1. The molecule has 0 saturated heterocycles. The molecule has 0 heterocycles. The van der Waals surface area contributed by atoms with Gasteiger partial charge in [0.25, 0.3) is 0 Å². The number of nitrogen functional groups attached to an aromatic ring is 1. The molecule has 0 unspecified atom stereocenters. The minimum absolute atomic E-state index is 0.0116. The van der Waals surface area contributed by atoms with E-state index in [0.29, 0.717) is 17.1 Å². The molecule has 0 spiro atoms. The summed E-state index contributed by atoms with van der Waals surface area (Å²) in [6, 6.07) is 11.4. The lowest BCUT2D eigenvalue weighted by Gasteiger charge is -2.30. The Morgan fingerprint density at radius 3 is 2.04 bits per heavy atom. The largest absolute Gasteiger partial charge is 0.505 e. The molecule has 140 valence electrons. The summed E-state index contributed by atoms with van der Waals surface area (Å²) in [7, 11) is 0. The summed E-state index contributed by atoms with van der Waals surface area (Å²) in [5.74, 6) is 0.200. The van der Waals surface area contributed by atoms with Gasteiger partial charge in [-0.25, -0.2) is 0 Å². The quantitative estimate of drug-likeness (QED) is 0.444. The maximum absolute atomic E-state index is 10.9. The van der Waals surface area contributed by atoms with E-state index in [-0.39, 0.29) is 16.6 Å². The lowest BCUT2D eigenvalue weighted by Crippen LogP contribution is -2.20. The second kappa shape index (κ2) is 7.48. The van der Waals surface area contributed by atoms with Crippen molar-refractivity contribution < 1.29 is 5.11 Å². The highest BCUT2D eigenvalue weighted by molar-refractivity contribution is 5.63. The smallest absolute Gasteiger partial charge is 0.146 e. The number of anilines is 1. The molecule has 0 atom stereocenters. The van der Waals surface area contributed by atoms with Gasteiger partial charge in [0.1, 0.15) is 17.1 Å². The second-order valence-electron chi connectivity index (χ2n) is 8.13. The van der Waals surface area contributed by atoms with E-state index in [0.717, 1.165) is 24.0 Å². The second-order valence-corrected chi connectivity index (χ2v) is 8.13. The first-order valence-electron chi connectivity index (χ1n) is 9.26. The molecular formula is C22H31N3O. The van der Waals surface area contributed by atoms with Crippen LogP contribution >= 0.6 is 0 Å². The molecule has 3 N–H and O–H groups in total. The summed E-state index contributed by atoms with van der Waals surface area (Å²) in [6.07, 6.45) is 1.91. The molecule has 0 aliphatic rings. The highest BCUT2D eigenvalue weighted by Crippen LogP contribution is 2.44. The molecule has 2 rings (SSSR count). The van der Waals surface area contributed by atoms with Gasteiger partial charge in [0.05, 0.1) is 5.69 Å². The van der Waals surface area contributed by atoms with Crippen molar-refractivity contribution in [3.63, 3.8) is 0 Å². The first kappa shape index (κ1) is 20.0. The highest BCUT2D eigenvalue weighted by atomic mass is 16.3. The zero-order valence-corrected chi connectivity index (χ0v) is 16.8. The van der Waals surface area contributed by atoms with Crippen molar-refractivity contribution >= 4 is 17.1 Å². The number of benzene rings is 2. The first-order chi connectivity index (χ1) is 12.1. The van der Waals surface area contributed by atoms with E-state index < -0.39 is 0 Å². The van der Waals surface area contributed by atoms with Gasteiger partial charge >= 0.3 is 0 Å². The highest BCUT2D eigenvalue weighted by Gasteiger charge is 2.28. The molecule has 0 aliphatic carbocycles. The van der Waals surface area contributed by atoms with Crippen LogP contribution in [-0.4, -0.2) is 5.11 Å². The number of rotatable bonds is 6. The average molecular weight is 354 g/mol. The van der Waals surface area contributed by atoms with Crippen molar-refractivity contribution in [3.05, 3.63) is 47.5 Å². The molecule has 26 heavy (non-hydrogen) atoms. The normalized spacial score (nSPS) is 12.7. The molecule has 0 fully saturated rings. The van der Waals surface area contributed by atoms with E-state index in [1.807, 2.05) is 24.3 Å². The molecule has 2 aromatic rings. The number of hydrogen-bond donors (Lipinski definition) is 2. The van der Waals surface area contributed by atoms with Crippen LogP contribution in [0.3, 0.4) is 0 Å². The van der Waals surface area contributed by atoms with E-state index in [9.17, 15) is 5.11 Å². The number of azo groups is 1. The molecule has 0 aliphatic heterocycles. The van der Waals surface area contributed by atoms with Crippen LogP contribution in [0.5, 0.6) is 5.75 Å². The van der Waals surface area contributed by atoms with Crippen LogP contribution in [0.1, 0.15) is 65.5 Å². The summed E-state index contributed by atoms with van der Waals surface area (Å²) in [5.41, 5.74) is 9.51. The van der Waals surface area contributed by atoms with Crippen molar-refractivity contribution in [2.45, 2.75) is 65.2 Å². The summed E-state index contributed by atoms with van der Waals surface area (Å²) in [5, 5.41) is 19.5. The van der Waals surface area contributed by atoms with Crippen molar-refractivity contribution in [1.29, 1.82) is 0 Å². The molecule has 0 bridgehead atoms. The minimum atomic E-state index is -0.153. The van der Waals surface area contributed by atoms with Gasteiger partial charge in [0, 0.05) is 5.56 Å². The van der Waals surface area contributed by atoms with Crippen molar-refractivity contribution in [2.75, 3.05) is 5.73 Å². The van der Waals surface area contributed by atoms with Crippen LogP contribution in [0.25, 0.3) is 0 Å². The van der Waals surface area contributed by atoms with E-state index in [4.69, 9.17) is 5.73 Å². The molecule has 0 radical (unpaired) electrons. The fourth-order valence-corrected chi connectivity index (χ4v) is 2.68. The van der Waals surface area contributed by atoms with Crippen LogP contribution < -0.4 is 5.73 Å². The van der Waals surface area contributed by atoms with E-state index in [1.165, 1.54) is 0 Å². The number of nitrogens with two attached hydrogens (primary N) is 1. The van der Waals surface area contributed by atoms with Gasteiger partial charge in [-0.3, -0.25) is 0 Å². The van der Waals surface area contributed by atoms with Crippen LogP contribution in [0.2, 0.25) is 0 Å². The summed E-state index contributed by atoms with van der Waals surface area (Å²) >= 11 is 0. The fourth-order valence-electron chi connectivity index (χ4n) is 2.68. The Bertz CT molecular complexity index is 807. The van der Waals surface area contributed by atoms with Crippen LogP contribution in [-0.2, 0) is 10.8 Å².